The van der Waals surface area contributed by atoms with Gasteiger partial charge in [0.2, 0.25) is 17.6 Å². The van der Waals surface area contributed by atoms with E-state index in [1.54, 1.807) is 6.07 Å². The molecule has 0 radical (unpaired) electrons. The van der Waals surface area contributed by atoms with Crippen LogP contribution in [0.5, 0.6) is 5.88 Å². The van der Waals surface area contributed by atoms with Gasteiger partial charge in [-0.05, 0) is 0 Å². The van der Waals surface area contributed by atoms with Crippen LogP contribution in [0.1, 0.15) is 18.4 Å². The summed E-state index contributed by atoms with van der Waals surface area (Å²) >= 11 is 0. The van der Waals surface area contributed by atoms with E-state index in [0.29, 0.717) is 23.8 Å². The molecule has 7 nitrogen and oxygen atoms in total. The summed E-state index contributed by atoms with van der Waals surface area (Å²) < 4.78 is 10.0. The van der Waals surface area contributed by atoms with Gasteiger partial charge in [0, 0.05) is 12.5 Å². The van der Waals surface area contributed by atoms with E-state index < -0.39 is 6.04 Å². The van der Waals surface area contributed by atoms with Crippen molar-refractivity contribution in [3.8, 4) is 29.7 Å². The van der Waals surface area contributed by atoms with Crippen LogP contribution < -0.4 is 10.5 Å². The predicted molar refractivity (Wildman–Crippen MR) is 62.3 cm³/mol. The van der Waals surface area contributed by atoms with E-state index >= 15 is 0 Å². The number of aromatic nitrogens is 4. The van der Waals surface area contributed by atoms with E-state index in [2.05, 4.69) is 26.0 Å². The minimum atomic E-state index is -0.472. The molecule has 2 aromatic rings. The normalized spacial score (nSPS) is 11.8. The van der Waals surface area contributed by atoms with Crippen molar-refractivity contribution in [3.05, 3.63) is 18.3 Å². The molecule has 0 saturated carbocycles. The summed E-state index contributed by atoms with van der Waals surface area (Å²) in [4.78, 5) is 12.0. The Kier molecular flexibility index (Phi) is 3.50. The minimum absolute atomic E-state index is 0.278. The van der Waals surface area contributed by atoms with Crippen molar-refractivity contribution in [1.29, 1.82) is 0 Å². The third-order valence-electron chi connectivity index (χ3n) is 2.18. The van der Waals surface area contributed by atoms with Crippen molar-refractivity contribution >= 4 is 0 Å². The molecule has 0 saturated heterocycles. The second-order valence-electron chi connectivity index (χ2n) is 3.42. The van der Waals surface area contributed by atoms with Gasteiger partial charge in [0.25, 0.3) is 0 Å². The smallest absolute Gasteiger partial charge is 0.244 e. The van der Waals surface area contributed by atoms with Crippen LogP contribution in [-0.2, 0) is 0 Å². The minimum Gasteiger partial charge on any atom is -0.481 e. The third-order valence-corrected chi connectivity index (χ3v) is 2.18. The average Bonchev–Trinajstić information content (AvgIpc) is 2.89. The largest absolute Gasteiger partial charge is 0.481 e. The fourth-order valence-electron chi connectivity index (χ4n) is 1.28. The monoisotopic (exact) mass is 245 g/mol. The number of methoxy groups -OCH3 is 1. The highest BCUT2D eigenvalue weighted by molar-refractivity contribution is 5.49. The van der Waals surface area contributed by atoms with E-state index in [1.807, 2.05) is 0 Å². The molecule has 2 heterocycles. The Hall–Kier alpha value is -2.46. The maximum atomic E-state index is 5.76. The lowest BCUT2D eigenvalue weighted by molar-refractivity contribution is 0.356. The molecule has 0 aliphatic rings. The number of rotatable bonds is 4. The quantitative estimate of drug-likeness (QED) is 0.785. The van der Waals surface area contributed by atoms with Crippen molar-refractivity contribution in [1.82, 2.24) is 20.1 Å². The Morgan fingerprint density at radius 1 is 1.56 bits per heavy atom. The summed E-state index contributed by atoms with van der Waals surface area (Å²) in [6.45, 7) is 0. The Morgan fingerprint density at radius 2 is 2.39 bits per heavy atom. The van der Waals surface area contributed by atoms with Crippen LogP contribution in [0.4, 0.5) is 0 Å². The third kappa shape index (κ3) is 2.44. The van der Waals surface area contributed by atoms with E-state index in [0.717, 1.165) is 0 Å². The van der Waals surface area contributed by atoms with Crippen LogP contribution >= 0.6 is 0 Å². The summed E-state index contributed by atoms with van der Waals surface area (Å²) in [6.07, 6.45) is 6.85. The van der Waals surface area contributed by atoms with Crippen LogP contribution in [0, 0.1) is 12.3 Å². The summed E-state index contributed by atoms with van der Waals surface area (Å²) in [5, 5.41) is 3.78. The van der Waals surface area contributed by atoms with Gasteiger partial charge in [-0.2, -0.15) is 4.98 Å². The molecule has 0 aliphatic heterocycles. The Bertz CT molecular complexity index is 575. The van der Waals surface area contributed by atoms with Crippen LogP contribution in [0.3, 0.4) is 0 Å². The standard InChI is InChI=1S/C11H11N5O2/c1-3-4-7(12)11-15-10(16-18-11)8-5-9(17-2)14-6-13-8/h1,5-7H,4,12H2,2H3. The highest BCUT2D eigenvalue weighted by atomic mass is 16.5. The first-order valence-corrected chi connectivity index (χ1v) is 5.13. The van der Waals surface area contributed by atoms with Gasteiger partial charge in [-0.1, -0.05) is 5.16 Å². The van der Waals surface area contributed by atoms with E-state index in [-0.39, 0.29) is 5.89 Å². The molecule has 0 bridgehead atoms. The summed E-state index contributed by atoms with van der Waals surface area (Å²) in [7, 11) is 1.51. The number of nitrogens with two attached hydrogens (primary N) is 1. The zero-order valence-electron chi connectivity index (χ0n) is 9.70. The predicted octanol–water partition coefficient (Wildman–Crippen LogP) is 0.558. The lowest BCUT2D eigenvalue weighted by Crippen LogP contribution is -2.09. The fourth-order valence-corrected chi connectivity index (χ4v) is 1.28. The highest BCUT2D eigenvalue weighted by Gasteiger charge is 2.16. The maximum Gasteiger partial charge on any atom is 0.244 e. The molecule has 1 unspecified atom stereocenters. The van der Waals surface area contributed by atoms with Gasteiger partial charge >= 0.3 is 0 Å². The summed E-state index contributed by atoms with van der Waals surface area (Å²) in [5.74, 6) is 3.45. The van der Waals surface area contributed by atoms with Crippen LogP contribution in [0.2, 0.25) is 0 Å². The SMILES string of the molecule is C#CCC(N)c1nc(-c2cc(OC)ncn2)no1. The lowest BCUT2D eigenvalue weighted by atomic mass is 10.2. The number of nitrogens with zero attached hydrogens (tertiary/aromatic N) is 4. The maximum absolute atomic E-state index is 5.76. The molecule has 7 heteroatoms. The van der Waals surface area contributed by atoms with Crippen molar-refractivity contribution in [3.63, 3.8) is 0 Å². The van der Waals surface area contributed by atoms with Gasteiger partial charge < -0.3 is 15.0 Å². The van der Waals surface area contributed by atoms with Crippen LogP contribution in [0.15, 0.2) is 16.9 Å². The second-order valence-corrected chi connectivity index (χ2v) is 3.42. The van der Waals surface area contributed by atoms with Gasteiger partial charge in [-0.25, -0.2) is 9.97 Å². The zero-order valence-corrected chi connectivity index (χ0v) is 9.70. The van der Waals surface area contributed by atoms with E-state index in [4.69, 9.17) is 21.4 Å². The molecule has 0 fully saturated rings. The highest BCUT2D eigenvalue weighted by Crippen LogP contribution is 2.19. The van der Waals surface area contributed by atoms with E-state index in [1.165, 1.54) is 13.4 Å². The van der Waals surface area contributed by atoms with E-state index in [9.17, 15) is 0 Å². The molecule has 2 rings (SSSR count). The molecule has 92 valence electrons. The fraction of sp³-hybridized carbons (Fsp3) is 0.273. The first-order chi connectivity index (χ1) is 8.74. The molecular formula is C11H11N5O2. The van der Waals surface area contributed by atoms with Crippen LogP contribution in [-0.4, -0.2) is 27.2 Å². The number of terminal acetylenes is 1. The van der Waals surface area contributed by atoms with Gasteiger partial charge in [0.1, 0.15) is 12.0 Å². The second kappa shape index (κ2) is 5.25. The average molecular weight is 245 g/mol. The molecule has 2 aromatic heterocycles. The number of hydrogen-bond acceptors (Lipinski definition) is 7. The van der Waals surface area contributed by atoms with Crippen molar-refractivity contribution in [2.45, 2.75) is 12.5 Å². The zero-order chi connectivity index (χ0) is 13.0. The molecule has 1 atom stereocenters. The molecule has 2 N–H and O–H groups in total. The molecule has 0 spiro atoms. The Labute approximate surface area is 103 Å². The summed E-state index contributed by atoms with van der Waals surface area (Å²) in [6, 6.07) is 1.13. The molecule has 0 aromatic carbocycles. The molecule has 18 heavy (non-hydrogen) atoms. The molecular weight excluding hydrogens is 234 g/mol. The van der Waals surface area contributed by atoms with Crippen molar-refractivity contribution in [2.24, 2.45) is 5.73 Å². The number of ether oxygens (including phenoxy) is 1. The van der Waals surface area contributed by atoms with Gasteiger partial charge in [0.15, 0.2) is 0 Å². The van der Waals surface area contributed by atoms with Crippen LogP contribution in [0.25, 0.3) is 11.5 Å². The first-order valence-electron chi connectivity index (χ1n) is 5.13. The van der Waals surface area contributed by atoms with Gasteiger partial charge in [-0.15, -0.1) is 12.3 Å². The van der Waals surface area contributed by atoms with Crippen molar-refractivity contribution in [2.75, 3.05) is 7.11 Å². The van der Waals surface area contributed by atoms with Gasteiger partial charge in [0.05, 0.1) is 13.2 Å². The van der Waals surface area contributed by atoms with Gasteiger partial charge in [-0.3, -0.25) is 0 Å². The van der Waals surface area contributed by atoms with Crippen molar-refractivity contribution < 1.29 is 9.26 Å². The Morgan fingerprint density at radius 3 is 3.11 bits per heavy atom. The molecule has 0 amide bonds. The first kappa shape index (κ1) is 12.0. The lowest BCUT2D eigenvalue weighted by Gasteiger charge is -1.99. The Balaban J connectivity index is 2.26. The summed E-state index contributed by atoms with van der Waals surface area (Å²) in [5.41, 5.74) is 6.25. The molecule has 0 aliphatic carbocycles. The number of hydrogen-bond donors (Lipinski definition) is 1. The topological polar surface area (TPSA) is 100.0 Å².